The van der Waals surface area contributed by atoms with Gasteiger partial charge in [0.15, 0.2) is 5.65 Å². The third kappa shape index (κ3) is 3.81. The lowest BCUT2D eigenvalue weighted by Gasteiger charge is -2.18. The summed E-state index contributed by atoms with van der Waals surface area (Å²) in [7, 11) is 0. The Labute approximate surface area is 155 Å². The third-order valence-corrected chi connectivity index (χ3v) is 4.88. The molecule has 2 aromatic heterocycles. The lowest BCUT2D eigenvalue weighted by Crippen LogP contribution is -2.14. The number of nitrogens with zero attached hydrogens (tertiary/aromatic N) is 3. The molecule has 3 aromatic rings. The van der Waals surface area contributed by atoms with E-state index in [2.05, 4.69) is 37.4 Å². The van der Waals surface area contributed by atoms with E-state index in [4.69, 9.17) is 9.88 Å². The van der Waals surface area contributed by atoms with E-state index in [1.54, 1.807) is 6.33 Å². The first-order valence-electron chi connectivity index (χ1n) is 8.54. The first kappa shape index (κ1) is 16.9. The SMILES string of the molecule is NSc1ccc(Nc2nc(OCC3CC=CCC3)c3[nH]cnc3n2)cc1. The highest BCUT2D eigenvalue weighted by molar-refractivity contribution is 7.97. The Kier molecular flexibility index (Phi) is 5.03. The van der Waals surface area contributed by atoms with Crippen LogP contribution in [0.1, 0.15) is 19.3 Å². The number of H-pyrrole nitrogens is 1. The molecule has 0 amide bonds. The standard InChI is InChI=1S/C18H20N6OS/c19-26-14-8-6-13(7-9-14)22-18-23-16-15(20-11-21-16)17(24-18)25-10-12-4-2-1-3-5-12/h1-2,6-9,11-12H,3-5,10,19H2,(H2,20,21,22,23,24). The lowest BCUT2D eigenvalue weighted by atomic mass is 9.95. The molecule has 8 heteroatoms. The average Bonchev–Trinajstić information content (AvgIpc) is 3.16. The number of anilines is 2. The fourth-order valence-corrected chi connectivity index (χ4v) is 3.21. The van der Waals surface area contributed by atoms with Gasteiger partial charge in [-0.15, -0.1) is 0 Å². The Hall–Kier alpha value is -2.58. The summed E-state index contributed by atoms with van der Waals surface area (Å²) in [6.07, 6.45) is 9.36. The van der Waals surface area contributed by atoms with E-state index in [0.717, 1.165) is 35.4 Å². The summed E-state index contributed by atoms with van der Waals surface area (Å²) in [5.74, 6) is 1.50. The number of ether oxygens (including phenoxy) is 1. The van der Waals surface area contributed by atoms with Crippen molar-refractivity contribution in [1.82, 2.24) is 19.9 Å². The molecule has 26 heavy (non-hydrogen) atoms. The van der Waals surface area contributed by atoms with Crippen molar-refractivity contribution in [2.45, 2.75) is 24.2 Å². The van der Waals surface area contributed by atoms with Crippen LogP contribution in [0.4, 0.5) is 11.6 Å². The van der Waals surface area contributed by atoms with Gasteiger partial charge in [0.2, 0.25) is 11.8 Å². The molecule has 134 valence electrons. The first-order chi connectivity index (χ1) is 12.8. The molecule has 0 saturated heterocycles. The van der Waals surface area contributed by atoms with Crippen LogP contribution in [0.5, 0.6) is 5.88 Å². The molecule has 0 bridgehead atoms. The van der Waals surface area contributed by atoms with Crippen LogP contribution in [-0.4, -0.2) is 26.5 Å². The molecule has 0 radical (unpaired) electrons. The van der Waals surface area contributed by atoms with Gasteiger partial charge >= 0.3 is 0 Å². The van der Waals surface area contributed by atoms with Gasteiger partial charge in [-0.1, -0.05) is 12.2 Å². The van der Waals surface area contributed by atoms with E-state index in [1.165, 1.54) is 11.9 Å². The monoisotopic (exact) mass is 368 g/mol. The average molecular weight is 368 g/mol. The van der Waals surface area contributed by atoms with Gasteiger partial charge in [0, 0.05) is 10.6 Å². The van der Waals surface area contributed by atoms with Crippen LogP contribution in [0.3, 0.4) is 0 Å². The quantitative estimate of drug-likeness (QED) is 0.449. The third-order valence-electron chi connectivity index (χ3n) is 4.33. The number of hydrogen-bond donors (Lipinski definition) is 3. The minimum absolute atomic E-state index is 0.455. The van der Waals surface area contributed by atoms with Gasteiger partial charge in [-0.05, 0) is 61.4 Å². The second-order valence-corrected chi connectivity index (χ2v) is 6.89. The Morgan fingerprint density at radius 2 is 2.12 bits per heavy atom. The number of imidazole rings is 1. The van der Waals surface area contributed by atoms with Gasteiger partial charge < -0.3 is 15.0 Å². The second-order valence-electron chi connectivity index (χ2n) is 6.18. The molecule has 4 rings (SSSR count). The zero-order valence-corrected chi connectivity index (χ0v) is 15.0. The number of allylic oxidation sites excluding steroid dienone is 2. The zero-order valence-electron chi connectivity index (χ0n) is 14.2. The smallest absolute Gasteiger partial charge is 0.245 e. The molecule has 0 fully saturated rings. The maximum atomic E-state index is 6.02. The predicted octanol–water partition coefficient (Wildman–Crippen LogP) is 3.80. The summed E-state index contributed by atoms with van der Waals surface area (Å²) in [5.41, 5.74) is 2.17. The maximum absolute atomic E-state index is 6.02. The highest BCUT2D eigenvalue weighted by Gasteiger charge is 2.15. The number of rotatable bonds is 6. The predicted molar refractivity (Wildman–Crippen MR) is 103 cm³/mol. The molecule has 0 saturated carbocycles. The minimum atomic E-state index is 0.455. The van der Waals surface area contributed by atoms with E-state index in [9.17, 15) is 0 Å². The largest absolute Gasteiger partial charge is 0.476 e. The summed E-state index contributed by atoms with van der Waals surface area (Å²) < 4.78 is 6.02. The van der Waals surface area contributed by atoms with Crippen LogP contribution >= 0.6 is 11.9 Å². The molecular weight excluding hydrogens is 348 g/mol. The summed E-state index contributed by atoms with van der Waals surface area (Å²) in [6, 6.07) is 7.74. The van der Waals surface area contributed by atoms with E-state index in [1.807, 2.05) is 24.3 Å². The molecular formula is C18H20N6OS. The lowest BCUT2D eigenvalue weighted by molar-refractivity contribution is 0.233. The van der Waals surface area contributed by atoms with Crippen LogP contribution in [-0.2, 0) is 0 Å². The number of nitrogens with two attached hydrogens (primary N) is 1. The Morgan fingerprint density at radius 3 is 2.88 bits per heavy atom. The van der Waals surface area contributed by atoms with Crippen molar-refractivity contribution in [2.24, 2.45) is 11.1 Å². The van der Waals surface area contributed by atoms with Crippen LogP contribution < -0.4 is 15.2 Å². The van der Waals surface area contributed by atoms with Crippen molar-refractivity contribution >= 4 is 34.7 Å². The minimum Gasteiger partial charge on any atom is -0.476 e. The maximum Gasteiger partial charge on any atom is 0.245 e. The topological polar surface area (TPSA) is 102 Å². The van der Waals surface area contributed by atoms with Crippen LogP contribution in [0, 0.1) is 5.92 Å². The van der Waals surface area contributed by atoms with E-state index < -0.39 is 0 Å². The number of fused-ring (bicyclic) bond motifs is 1. The second kappa shape index (κ2) is 7.76. The fraction of sp³-hybridized carbons (Fsp3) is 0.278. The number of hydrogen-bond acceptors (Lipinski definition) is 7. The fourth-order valence-electron chi connectivity index (χ4n) is 2.92. The van der Waals surface area contributed by atoms with E-state index >= 15 is 0 Å². The molecule has 4 N–H and O–H groups in total. The van der Waals surface area contributed by atoms with Gasteiger partial charge in [-0.25, -0.2) is 4.98 Å². The Morgan fingerprint density at radius 1 is 1.23 bits per heavy atom. The molecule has 1 aliphatic carbocycles. The highest BCUT2D eigenvalue weighted by Crippen LogP contribution is 2.26. The van der Waals surface area contributed by atoms with Gasteiger partial charge in [-0.3, -0.25) is 5.14 Å². The van der Waals surface area contributed by atoms with Crippen molar-refractivity contribution in [3.05, 3.63) is 42.7 Å². The number of nitrogens with one attached hydrogen (secondary N) is 2. The van der Waals surface area contributed by atoms with E-state index in [0.29, 0.717) is 30.0 Å². The molecule has 0 aliphatic heterocycles. The number of aromatic nitrogens is 4. The van der Waals surface area contributed by atoms with Crippen LogP contribution in [0.2, 0.25) is 0 Å². The van der Waals surface area contributed by atoms with Gasteiger partial charge in [0.25, 0.3) is 0 Å². The molecule has 1 aliphatic rings. The molecule has 1 aromatic carbocycles. The van der Waals surface area contributed by atoms with Gasteiger partial charge in [0.05, 0.1) is 12.9 Å². The molecule has 1 unspecified atom stereocenters. The summed E-state index contributed by atoms with van der Waals surface area (Å²) in [6.45, 7) is 0.636. The van der Waals surface area contributed by atoms with Crippen molar-refractivity contribution in [3.8, 4) is 5.88 Å². The van der Waals surface area contributed by atoms with Crippen molar-refractivity contribution < 1.29 is 4.74 Å². The molecule has 1 atom stereocenters. The van der Waals surface area contributed by atoms with Crippen LogP contribution in [0.25, 0.3) is 11.2 Å². The Bertz CT molecular complexity index is 908. The highest BCUT2D eigenvalue weighted by atomic mass is 32.2. The van der Waals surface area contributed by atoms with Crippen LogP contribution in [0.15, 0.2) is 47.6 Å². The van der Waals surface area contributed by atoms with Gasteiger partial charge in [-0.2, -0.15) is 9.97 Å². The zero-order chi connectivity index (χ0) is 17.8. The summed E-state index contributed by atoms with van der Waals surface area (Å²) >= 11 is 1.21. The normalized spacial score (nSPS) is 16.7. The van der Waals surface area contributed by atoms with Crippen molar-refractivity contribution in [3.63, 3.8) is 0 Å². The molecule has 7 nitrogen and oxygen atoms in total. The Balaban J connectivity index is 1.54. The summed E-state index contributed by atoms with van der Waals surface area (Å²) in [5, 5.41) is 8.75. The van der Waals surface area contributed by atoms with E-state index in [-0.39, 0.29) is 0 Å². The number of benzene rings is 1. The van der Waals surface area contributed by atoms with Gasteiger partial charge in [0.1, 0.15) is 5.52 Å². The first-order valence-corrected chi connectivity index (χ1v) is 9.42. The molecule has 0 spiro atoms. The summed E-state index contributed by atoms with van der Waals surface area (Å²) in [4.78, 5) is 17.3. The van der Waals surface area contributed by atoms with Crippen molar-refractivity contribution in [1.29, 1.82) is 0 Å². The molecule has 2 heterocycles. The van der Waals surface area contributed by atoms with Crippen molar-refractivity contribution in [2.75, 3.05) is 11.9 Å². The number of aromatic amines is 1.